The van der Waals surface area contributed by atoms with E-state index >= 15 is 0 Å². The molecule has 96 valence electrons. The van der Waals surface area contributed by atoms with Gasteiger partial charge in [-0.1, -0.05) is 42.0 Å². The lowest BCUT2D eigenvalue weighted by molar-refractivity contribution is -0.134. The molecule has 0 aliphatic carbocycles. The molecule has 0 bridgehead atoms. The molecule has 1 aliphatic rings. The predicted octanol–water partition coefficient (Wildman–Crippen LogP) is 2.34. The molecule has 1 heterocycles. The zero-order valence-electron chi connectivity index (χ0n) is 10.8. The minimum atomic E-state index is 0.197. The summed E-state index contributed by atoms with van der Waals surface area (Å²) in [5, 5.41) is 0. The number of hydrogen-bond donors (Lipinski definition) is 0. The first-order chi connectivity index (χ1) is 8.75. The smallest absolute Gasteiger partial charge is 0.226 e. The van der Waals surface area contributed by atoms with Gasteiger partial charge in [0.05, 0.1) is 13.2 Å². The van der Waals surface area contributed by atoms with E-state index in [0.717, 1.165) is 24.2 Å². The summed E-state index contributed by atoms with van der Waals surface area (Å²) in [4.78, 5) is 13.9. The van der Waals surface area contributed by atoms with Crippen molar-refractivity contribution in [1.29, 1.82) is 0 Å². The van der Waals surface area contributed by atoms with Crippen LogP contribution < -0.4 is 0 Å². The largest absolute Gasteiger partial charge is 0.378 e. The second-order valence-corrected chi connectivity index (χ2v) is 4.57. The Bertz CT molecular complexity index is 419. The molecule has 0 atom stereocenters. The van der Waals surface area contributed by atoms with Crippen LogP contribution in [-0.2, 0) is 9.53 Å². The second-order valence-electron chi connectivity index (χ2n) is 4.57. The number of carbonyl (C=O) groups is 1. The molecule has 1 aromatic rings. The monoisotopic (exact) mass is 245 g/mol. The molecule has 1 aliphatic heterocycles. The molecule has 18 heavy (non-hydrogen) atoms. The first-order valence-electron chi connectivity index (χ1n) is 6.33. The molecule has 3 heteroatoms. The van der Waals surface area contributed by atoms with Crippen LogP contribution in [0, 0.1) is 0 Å². The fourth-order valence-electron chi connectivity index (χ4n) is 2.05. The van der Waals surface area contributed by atoms with Crippen LogP contribution in [0.4, 0.5) is 0 Å². The van der Waals surface area contributed by atoms with Gasteiger partial charge in [0.2, 0.25) is 5.91 Å². The van der Waals surface area contributed by atoms with Crippen molar-refractivity contribution in [2.75, 3.05) is 26.3 Å². The Hall–Kier alpha value is -1.61. The van der Waals surface area contributed by atoms with Crippen LogP contribution >= 0.6 is 0 Å². The third-order valence-electron chi connectivity index (χ3n) is 3.01. The van der Waals surface area contributed by atoms with Gasteiger partial charge < -0.3 is 9.64 Å². The van der Waals surface area contributed by atoms with Gasteiger partial charge in [0.1, 0.15) is 0 Å². The first kappa shape index (κ1) is 12.8. The summed E-state index contributed by atoms with van der Waals surface area (Å²) in [5.74, 6) is 0.197. The van der Waals surface area contributed by atoms with Crippen LogP contribution in [0.1, 0.15) is 18.9 Å². The highest BCUT2D eigenvalue weighted by atomic mass is 16.5. The molecule has 0 aromatic heterocycles. The van der Waals surface area contributed by atoms with E-state index < -0.39 is 0 Å². The van der Waals surface area contributed by atoms with Gasteiger partial charge in [0.15, 0.2) is 0 Å². The number of ether oxygens (including phenoxy) is 1. The van der Waals surface area contributed by atoms with E-state index in [2.05, 4.69) is 6.08 Å². The minimum Gasteiger partial charge on any atom is -0.378 e. The number of morpholine rings is 1. The number of nitrogens with zero attached hydrogens (tertiary/aromatic N) is 1. The number of hydrogen-bond acceptors (Lipinski definition) is 2. The number of rotatable bonds is 3. The van der Waals surface area contributed by atoms with E-state index in [0.29, 0.717) is 19.6 Å². The molecule has 1 saturated heterocycles. The van der Waals surface area contributed by atoms with E-state index in [-0.39, 0.29) is 5.91 Å². The van der Waals surface area contributed by atoms with Crippen molar-refractivity contribution in [2.24, 2.45) is 0 Å². The van der Waals surface area contributed by atoms with Crippen LogP contribution in [0.15, 0.2) is 35.9 Å². The number of amides is 1. The topological polar surface area (TPSA) is 29.5 Å². The van der Waals surface area contributed by atoms with E-state index in [1.165, 1.54) is 0 Å². The van der Waals surface area contributed by atoms with Crippen LogP contribution in [-0.4, -0.2) is 37.1 Å². The summed E-state index contributed by atoms with van der Waals surface area (Å²) >= 11 is 0. The van der Waals surface area contributed by atoms with Gasteiger partial charge in [-0.3, -0.25) is 4.79 Å². The molecule has 3 nitrogen and oxygen atoms in total. The summed E-state index contributed by atoms with van der Waals surface area (Å²) < 4.78 is 5.24. The highest BCUT2D eigenvalue weighted by Crippen LogP contribution is 2.11. The van der Waals surface area contributed by atoms with E-state index in [1.54, 1.807) is 0 Å². The summed E-state index contributed by atoms with van der Waals surface area (Å²) in [6.07, 6.45) is 2.56. The SMILES string of the molecule is C/C(=C\c1ccccc1)CC(=O)N1CCOCC1. The van der Waals surface area contributed by atoms with Crippen LogP contribution in [0.2, 0.25) is 0 Å². The van der Waals surface area contributed by atoms with Gasteiger partial charge in [-0.2, -0.15) is 0 Å². The lowest BCUT2D eigenvalue weighted by Gasteiger charge is -2.27. The highest BCUT2D eigenvalue weighted by molar-refractivity contribution is 5.80. The van der Waals surface area contributed by atoms with Crippen LogP contribution in [0.5, 0.6) is 0 Å². The van der Waals surface area contributed by atoms with E-state index in [4.69, 9.17) is 4.74 Å². The van der Waals surface area contributed by atoms with Gasteiger partial charge in [0, 0.05) is 19.5 Å². The summed E-state index contributed by atoms with van der Waals surface area (Å²) in [7, 11) is 0. The molecule has 1 aromatic carbocycles. The van der Waals surface area contributed by atoms with Crippen molar-refractivity contribution in [3.63, 3.8) is 0 Å². The summed E-state index contributed by atoms with van der Waals surface area (Å²) in [6.45, 7) is 4.76. The lowest BCUT2D eigenvalue weighted by atomic mass is 10.1. The highest BCUT2D eigenvalue weighted by Gasteiger charge is 2.16. The second kappa shape index (κ2) is 6.36. The van der Waals surface area contributed by atoms with Gasteiger partial charge in [-0.15, -0.1) is 0 Å². The average molecular weight is 245 g/mol. The van der Waals surface area contributed by atoms with Gasteiger partial charge >= 0.3 is 0 Å². The van der Waals surface area contributed by atoms with Crippen molar-refractivity contribution in [3.8, 4) is 0 Å². The lowest BCUT2D eigenvalue weighted by Crippen LogP contribution is -2.40. The molecule has 2 rings (SSSR count). The van der Waals surface area contributed by atoms with Crippen molar-refractivity contribution < 1.29 is 9.53 Å². The van der Waals surface area contributed by atoms with Crippen molar-refractivity contribution in [1.82, 2.24) is 4.90 Å². The van der Waals surface area contributed by atoms with Crippen molar-refractivity contribution >= 4 is 12.0 Å². The van der Waals surface area contributed by atoms with Crippen molar-refractivity contribution in [3.05, 3.63) is 41.5 Å². The van der Waals surface area contributed by atoms with Crippen molar-refractivity contribution in [2.45, 2.75) is 13.3 Å². The molecule has 1 amide bonds. The molecule has 0 unspecified atom stereocenters. The molecular weight excluding hydrogens is 226 g/mol. The minimum absolute atomic E-state index is 0.197. The fraction of sp³-hybridized carbons (Fsp3) is 0.400. The first-order valence-corrected chi connectivity index (χ1v) is 6.33. The summed E-state index contributed by atoms with van der Waals surface area (Å²) in [6, 6.07) is 10.1. The molecule has 0 spiro atoms. The number of benzene rings is 1. The molecular formula is C15H19NO2. The zero-order chi connectivity index (χ0) is 12.8. The quantitative estimate of drug-likeness (QED) is 0.818. The third-order valence-corrected chi connectivity index (χ3v) is 3.01. The van der Waals surface area contributed by atoms with Gasteiger partial charge in [-0.05, 0) is 12.5 Å². The normalized spacial score (nSPS) is 16.7. The van der Waals surface area contributed by atoms with Gasteiger partial charge in [-0.25, -0.2) is 0 Å². The summed E-state index contributed by atoms with van der Waals surface area (Å²) in [5.41, 5.74) is 2.24. The Balaban J connectivity index is 1.92. The van der Waals surface area contributed by atoms with E-state index in [1.807, 2.05) is 42.2 Å². The standard InChI is InChI=1S/C15H19NO2/c1-13(11-14-5-3-2-4-6-14)12-15(17)16-7-9-18-10-8-16/h2-6,11H,7-10,12H2,1H3/b13-11+. The zero-order valence-corrected chi connectivity index (χ0v) is 10.8. The molecule has 0 radical (unpaired) electrons. The van der Waals surface area contributed by atoms with E-state index in [9.17, 15) is 4.79 Å². The van der Waals surface area contributed by atoms with Crippen LogP contribution in [0.25, 0.3) is 6.08 Å². The molecule has 0 saturated carbocycles. The maximum Gasteiger partial charge on any atom is 0.226 e. The maximum absolute atomic E-state index is 12.0. The molecule has 1 fully saturated rings. The Kier molecular flexibility index (Phi) is 4.53. The van der Waals surface area contributed by atoms with Crippen LogP contribution in [0.3, 0.4) is 0 Å². The number of carbonyl (C=O) groups excluding carboxylic acids is 1. The fourth-order valence-corrected chi connectivity index (χ4v) is 2.05. The Morgan fingerprint density at radius 3 is 2.61 bits per heavy atom. The maximum atomic E-state index is 12.0. The third kappa shape index (κ3) is 3.70. The average Bonchev–Trinajstić information content (AvgIpc) is 2.40. The Morgan fingerprint density at radius 1 is 1.28 bits per heavy atom. The Morgan fingerprint density at radius 2 is 1.94 bits per heavy atom. The van der Waals surface area contributed by atoms with Gasteiger partial charge in [0.25, 0.3) is 0 Å². The molecule has 0 N–H and O–H groups in total. The predicted molar refractivity (Wildman–Crippen MR) is 72.1 cm³/mol. The Labute approximate surface area is 108 Å².